The number of alkyl halides is 8. The second-order valence-corrected chi connectivity index (χ2v) is 13.2. The first-order valence-electron chi connectivity index (χ1n) is 15.2. The summed E-state index contributed by atoms with van der Waals surface area (Å²) in [7, 11) is 0.982. The molecule has 1 aromatic carbocycles. The van der Waals surface area contributed by atoms with Gasteiger partial charge in [-0.15, -0.1) is 28.5 Å². The SMILES string of the molecule is CCOC(=O)C(Cl)Cc1cc(-n2nc(C)n(C(F)F)c2=O)c(F)cc1Cl.COC(=O)c1c(C(F)F)nc(C(F)(F)F)c(C2=NCCS2)c1CC(C)C. The number of benzene rings is 1. The van der Waals surface area contributed by atoms with E-state index in [4.69, 9.17) is 27.9 Å². The van der Waals surface area contributed by atoms with E-state index < -0.39 is 70.5 Å². The summed E-state index contributed by atoms with van der Waals surface area (Å²) < 4.78 is 118. The molecule has 4 rings (SSSR count). The maximum Gasteiger partial charge on any atom is 0.434 e. The number of rotatable bonds is 11. The standard InChI is InChI=1S/C16H17F5N2O2S.C15H14Cl2F3N3O3/c1-7(2)6-8-9(15(24)25-3)11(13(17)18)23-12(16(19,20)21)10(8)14-22-4-5-26-14;1-3-26-13(24)10(17)4-8-5-12(11(18)6-9(8)16)23-15(25)22(14(19)20)7(2)21-23/h7,13H,4-6H2,1-3H3;5-6,10,14H,3-4H2,1-2H3. The van der Waals surface area contributed by atoms with Crippen molar-refractivity contribution < 1.29 is 54.2 Å². The normalized spacial score (nSPS) is 13.7. The van der Waals surface area contributed by atoms with Gasteiger partial charge in [-0.3, -0.25) is 9.79 Å². The quantitative estimate of drug-likeness (QED) is 0.110. The number of nitrogens with zero attached hydrogens (tertiary/aromatic N) is 5. The fourth-order valence-corrected chi connectivity index (χ4v) is 6.32. The van der Waals surface area contributed by atoms with Crippen LogP contribution in [-0.2, 0) is 33.3 Å². The van der Waals surface area contributed by atoms with Crippen molar-refractivity contribution >= 4 is 51.9 Å². The van der Waals surface area contributed by atoms with Gasteiger partial charge in [0.1, 0.15) is 27.6 Å². The van der Waals surface area contributed by atoms with Crippen LogP contribution in [0.4, 0.5) is 35.1 Å². The van der Waals surface area contributed by atoms with Gasteiger partial charge in [0.05, 0.1) is 19.3 Å². The Bertz CT molecular complexity index is 1890. The van der Waals surface area contributed by atoms with Crippen LogP contribution in [0.3, 0.4) is 0 Å². The van der Waals surface area contributed by atoms with Gasteiger partial charge < -0.3 is 9.47 Å². The first kappa shape index (κ1) is 42.7. The minimum Gasteiger partial charge on any atom is -0.465 e. The molecule has 2 aromatic heterocycles. The number of thioether (sulfide) groups is 1. The third-order valence-electron chi connectivity index (χ3n) is 7.07. The zero-order valence-corrected chi connectivity index (χ0v) is 30.3. The monoisotopic (exact) mass is 807 g/mol. The maximum absolute atomic E-state index is 14.2. The van der Waals surface area contributed by atoms with Crippen LogP contribution in [0.5, 0.6) is 0 Å². The zero-order chi connectivity index (χ0) is 39.2. The first-order valence-corrected chi connectivity index (χ1v) is 17.0. The van der Waals surface area contributed by atoms with Crippen LogP contribution in [0.25, 0.3) is 5.69 Å². The Morgan fingerprint density at radius 3 is 2.25 bits per heavy atom. The number of esters is 2. The van der Waals surface area contributed by atoms with Crippen molar-refractivity contribution in [2.24, 2.45) is 10.9 Å². The minimum atomic E-state index is -4.97. The van der Waals surface area contributed by atoms with E-state index in [9.17, 15) is 49.5 Å². The summed E-state index contributed by atoms with van der Waals surface area (Å²) >= 11 is 13.0. The second kappa shape index (κ2) is 17.9. The van der Waals surface area contributed by atoms with E-state index in [0.29, 0.717) is 17.0 Å². The highest BCUT2D eigenvalue weighted by molar-refractivity contribution is 8.14. The van der Waals surface area contributed by atoms with Gasteiger partial charge in [0, 0.05) is 29.3 Å². The summed E-state index contributed by atoms with van der Waals surface area (Å²) in [5.74, 6) is -2.78. The largest absolute Gasteiger partial charge is 0.465 e. The number of pyridine rings is 1. The lowest BCUT2D eigenvalue weighted by Crippen LogP contribution is -2.25. The summed E-state index contributed by atoms with van der Waals surface area (Å²) in [4.78, 5) is 43.1. The molecule has 0 amide bonds. The lowest BCUT2D eigenvalue weighted by Gasteiger charge is -2.22. The number of carbonyl (C=O) groups is 2. The van der Waals surface area contributed by atoms with Crippen molar-refractivity contribution in [3.05, 3.63) is 72.9 Å². The number of aryl methyl sites for hydroxylation is 1. The minimum absolute atomic E-state index is 0.0231. The first-order chi connectivity index (χ1) is 24.2. The van der Waals surface area contributed by atoms with Gasteiger partial charge in [0.15, 0.2) is 11.5 Å². The van der Waals surface area contributed by atoms with Crippen molar-refractivity contribution in [2.75, 3.05) is 26.0 Å². The van der Waals surface area contributed by atoms with Crippen LogP contribution >= 0.6 is 35.0 Å². The van der Waals surface area contributed by atoms with Gasteiger partial charge in [-0.2, -0.15) is 26.6 Å². The molecular formula is C31H31Cl2F8N5O5S. The molecule has 1 unspecified atom stereocenters. The number of aliphatic imine (C=N–C) groups is 1. The number of carbonyl (C=O) groups excluding carboxylic acids is 2. The van der Waals surface area contributed by atoms with Crippen LogP contribution in [0.15, 0.2) is 21.9 Å². The zero-order valence-electron chi connectivity index (χ0n) is 28.0. The molecule has 286 valence electrons. The van der Waals surface area contributed by atoms with Crippen LogP contribution in [0.2, 0.25) is 5.02 Å². The van der Waals surface area contributed by atoms with Crippen molar-refractivity contribution in [3.8, 4) is 5.69 Å². The van der Waals surface area contributed by atoms with Crippen molar-refractivity contribution in [2.45, 2.75) is 65.1 Å². The third kappa shape index (κ3) is 9.83. The van der Waals surface area contributed by atoms with Crippen molar-refractivity contribution in [3.63, 3.8) is 0 Å². The van der Waals surface area contributed by atoms with Crippen molar-refractivity contribution in [1.29, 1.82) is 0 Å². The molecule has 0 saturated heterocycles. The molecule has 21 heteroatoms. The van der Waals surface area contributed by atoms with Gasteiger partial charge in [-0.05, 0) is 49.4 Å². The number of hydrogen-bond acceptors (Lipinski definition) is 9. The molecule has 1 atom stereocenters. The summed E-state index contributed by atoms with van der Waals surface area (Å²) in [6.45, 7) is 3.54. The van der Waals surface area contributed by atoms with Gasteiger partial charge in [-0.25, -0.2) is 32.3 Å². The predicted octanol–water partition coefficient (Wildman–Crippen LogP) is 7.76. The Labute approximate surface area is 305 Å². The number of ether oxygens (including phenoxy) is 2. The molecule has 52 heavy (non-hydrogen) atoms. The molecule has 0 bridgehead atoms. The van der Waals surface area contributed by atoms with E-state index in [0.717, 1.165) is 31.0 Å². The highest BCUT2D eigenvalue weighted by Gasteiger charge is 2.42. The summed E-state index contributed by atoms with van der Waals surface area (Å²) in [6, 6.07) is 2.03. The highest BCUT2D eigenvalue weighted by atomic mass is 35.5. The average molecular weight is 809 g/mol. The van der Waals surface area contributed by atoms with Gasteiger partial charge in [-0.1, -0.05) is 25.4 Å². The van der Waals surface area contributed by atoms with Crippen LogP contribution < -0.4 is 5.69 Å². The lowest BCUT2D eigenvalue weighted by atomic mass is 9.91. The highest BCUT2D eigenvalue weighted by Crippen LogP contribution is 2.40. The van der Waals surface area contributed by atoms with Crippen LogP contribution in [0, 0.1) is 18.7 Å². The van der Waals surface area contributed by atoms with Crippen molar-refractivity contribution in [1.82, 2.24) is 19.3 Å². The Kier molecular flexibility index (Phi) is 14.7. The van der Waals surface area contributed by atoms with E-state index in [1.807, 2.05) is 0 Å². The summed E-state index contributed by atoms with van der Waals surface area (Å²) in [5.41, 5.74) is -5.16. The number of hydrogen-bond donors (Lipinski definition) is 0. The summed E-state index contributed by atoms with van der Waals surface area (Å²) in [5, 5.41) is 2.58. The van der Waals surface area contributed by atoms with E-state index in [1.165, 1.54) is 6.92 Å². The molecule has 0 N–H and O–H groups in total. The fraction of sp³-hybridized carbons (Fsp3) is 0.484. The molecule has 10 nitrogen and oxygen atoms in total. The van der Waals surface area contributed by atoms with E-state index in [2.05, 4.69) is 19.8 Å². The average Bonchev–Trinajstić information content (AvgIpc) is 3.68. The van der Waals surface area contributed by atoms with Crippen LogP contribution in [0.1, 0.15) is 78.0 Å². The van der Waals surface area contributed by atoms with E-state index >= 15 is 0 Å². The van der Waals surface area contributed by atoms with Gasteiger partial charge in [0.25, 0.3) is 6.43 Å². The molecule has 0 spiro atoms. The molecule has 0 radical (unpaired) electrons. The van der Waals surface area contributed by atoms with Gasteiger partial charge >= 0.3 is 30.4 Å². The smallest absolute Gasteiger partial charge is 0.434 e. The van der Waals surface area contributed by atoms with Crippen LogP contribution in [-0.4, -0.2) is 67.7 Å². The molecule has 0 saturated carbocycles. The second-order valence-electron chi connectivity index (χ2n) is 11.2. The third-order valence-corrected chi connectivity index (χ3v) is 8.74. The Balaban J connectivity index is 0.000000280. The van der Waals surface area contributed by atoms with Gasteiger partial charge in [0.2, 0.25) is 0 Å². The Morgan fingerprint density at radius 1 is 1.12 bits per heavy atom. The number of aromatic nitrogens is 4. The predicted molar refractivity (Wildman–Crippen MR) is 177 cm³/mol. The van der Waals surface area contributed by atoms with E-state index in [-0.39, 0.29) is 62.6 Å². The topological polar surface area (TPSA) is 118 Å². The molecule has 1 aliphatic heterocycles. The maximum atomic E-state index is 14.2. The Morgan fingerprint density at radius 2 is 1.77 bits per heavy atom. The molecule has 3 heterocycles. The molecule has 0 fully saturated rings. The lowest BCUT2D eigenvalue weighted by molar-refractivity contribution is -0.143. The Hall–Kier alpha value is -3.71. The molecule has 1 aliphatic rings. The molecule has 0 aliphatic carbocycles. The number of methoxy groups -OCH3 is 1. The summed E-state index contributed by atoms with van der Waals surface area (Å²) in [6.07, 6.45) is -8.46. The number of halogens is 10. The molecule has 3 aromatic rings. The van der Waals surface area contributed by atoms with E-state index in [1.54, 1.807) is 20.8 Å². The molecular weight excluding hydrogens is 777 g/mol. The fourth-order valence-electron chi connectivity index (χ4n) is 4.94.